The quantitative estimate of drug-likeness (QED) is 0.844. The van der Waals surface area contributed by atoms with Gasteiger partial charge in [-0.05, 0) is 0 Å². The van der Waals surface area contributed by atoms with Crippen LogP contribution in [0.2, 0.25) is 0 Å². The van der Waals surface area contributed by atoms with E-state index in [1.54, 1.807) is 7.05 Å². The highest BCUT2D eigenvalue weighted by molar-refractivity contribution is 7.90. The van der Waals surface area contributed by atoms with Crippen LogP contribution in [-0.2, 0) is 9.84 Å². The summed E-state index contributed by atoms with van der Waals surface area (Å²) >= 11 is 0. The lowest BCUT2D eigenvalue weighted by Crippen LogP contribution is -2.26. The van der Waals surface area contributed by atoms with Gasteiger partial charge in [-0.25, -0.2) is 18.4 Å². The van der Waals surface area contributed by atoms with Crippen LogP contribution in [0.5, 0.6) is 0 Å². The van der Waals surface area contributed by atoms with Crippen molar-refractivity contribution in [2.24, 2.45) is 0 Å². The average Bonchev–Trinajstić information content (AvgIpc) is 2.34. The van der Waals surface area contributed by atoms with E-state index >= 15 is 0 Å². The Morgan fingerprint density at radius 2 is 2.00 bits per heavy atom. The van der Waals surface area contributed by atoms with E-state index in [1.807, 2.05) is 31.9 Å². The first-order chi connectivity index (χ1) is 8.73. The maximum absolute atomic E-state index is 11.2. The molecule has 0 unspecified atom stereocenters. The highest BCUT2D eigenvalue weighted by Gasteiger charge is 2.12. The van der Waals surface area contributed by atoms with E-state index in [9.17, 15) is 8.42 Å². The van der Waals surface area contributed by atoms with Crippen molar-refractivity contribution in [2.45, 2.75) is 19.8 Å². The lowest BCUT2D eigenvalue weighted by atomic mass is 10.2. The standard InChI is InChI=1S/C12H22N4O2S/c1-9(2)12-14-10(13-3)8-11(15-12)16(4)6-7-19(5,17)18/h8-9H,6-7H2,1-5H3,(H,13,14,15). The van der Waals surface area contributed by atoms with Crippen LogP contribution in [0.15, 0.2) is 6.07 Å². The van der Waals surface area contributed by atoms with Gasteiger partial charge in [0.05, 0.1) is 5.75 Å². The zero-order valence-corrected chi connectivity index (χ0v) is 13.0. The van der Waals surface area contributed by atoms with Crippen LogP contribution in [0.3, 0.4) is 0 Å². The molecule has 1 N–H and O–H groups in total. The van der Waals surface area contributed by atoms with Crippen molar-refractivity contribution in [1.82, 2.24) is 9.97 Å². The van der Waals surface area contributed by atoms with Gasteiger partial charge in [-0.2, -0.15) is 0 Å². The molecule has 19 heavy (non-hydrogen) atoms. The molecule has 0 atom stereocenters. The van der Waals surface area contributed by atoms with E-state index in [1.165, 1.54) is 6.26 Å². The fraction of sp³-hybridized carbons (Fsp3) is 0.667. The number of nitrogens with one attached hydrogen (secondary N) is 1. The Kier molecular flexibility index (Phi) is 5.11. The second-order valence-corrected chi connectivity index (χ2v) is 7.19. The predicted octanol–water partition coefficient (Wildman–Crippen LogP) is 1.12. The van der Waals surface area contributed by atoms with Crippen LogP contribution in [0.4, 0.5) is 11.6 Å². The van der Waals surface area contributed by atoms with E-state index in [2.05, 4.69) is 15.3 Å². The van der Waals surface area contributed by atoms with Crippen molar-refractivity contribution in [3.05, 3.63) is 11.9 Å². The minimum atomic E-state index is -2.97. The predicted molar refractivity (Wildman–Crippen MR) is 78.6 cm³/mol. The van der Waals surface area contributed by atoms with Gasteiger partial charge in [0.25, 0.3) is 0 Å². The van der Waals surface area contributed by atoms with E-state index in [0.717, 1.165) is 17.5 Å². The van der Waals surface area contributed by atoms with Gasteiger partial charge in [0.2, 0.25) is 0 Å². The second-order valence-electron chi connectivity index (χ2n) is 4.93. The third-order valence-corrected chi connectivity index (χ3v) is 3.62. The summed E-state index contributed by atoms with van der Waals surface area (Å²) < 4.78 is 22.4. The summed E-state index contributed by atoms with van der Waals surface area (Å²) in [4.78, 5) is 10.7. The maximum Gasteiger partial charge on any atom is 0.149 e. The lowest BCUT2D eigenvalue weighted by molar-refractivity contribution is 0.601. The molecule has 1 aromatic rings. The Morgan fingerprint density at radius 1 is 1.37 bits per heavy atom. The minimum absolute atomic E-state index is 0.111. The summed E-state index contributed by atoms with van der Waals surface area (Å²) in [6.45, 7) is 4.46. The van der Waals surface area contributed by atoms with Gasteiger partial charge in [0, 0.05) is 38.9 Å². The van der Waals surface area contributed by atoms with Crippen molar-refractivity contribution in [1.29, 1.82) is 0 Å². The summed E-state index contributed by atoms with van der Waals surface area (Å²) in [5.74, 6) is 2.54. The van der Waals surface area contributed by atoms with Gasteiger partial charge in [-0.3, -0.25) is 0 Å². The van der Waals surface area contributed by atoms with Crippen molar-refractivity contribution < 1.29 is 8.42 Å². The molecule has 0 aliphatic carbocycles. The third-order valence-electron chi connectivity index (χ3n) is 2.69. The fourth-order valence-electron chi connectivity index (χ4n) is 1.45. The molecule has 0 aliphatic rings. The average molecular weight is 286 g/mol. The van der Waals surface area contributed by atoms with Gasteiger partial charge < -0.3 is 10.2 Å². The van der Waals surface area contributed by atoms with Gasteiger partial charge in [-0.1, -0.05) is 13.8 Å². The Hall–Kier alpha value is -1.37. The minimum Gasteiger partial charge on any atom is -0.373 e. The molecule has 7 heteroatoms. The molecule has 1 heterocycles. The molecule has 0 bridgehead atoms. The zero-order chi connectivity index (χ0) is 14.6. The first-order valence-electron chi connectivity index (χ1n) is 6.18. The number of rotatable bonds is 6. The summed E-state index contributed by atoms with van der Waals surface area (Å²) in [6, 6.07) is 1.81. The van der Waals surface area contributed by atoms with Crippen molar-refractivity contribution in [2.75, 3.05) is 42.9 Å². The van der Waals surface area contributed by atoms with Crippen molar-refractivity contribution in [3.63, 3.8) is 0 Å². The third kappa shape index (κ3) is 5.02. The van der Waals surface area contributed by atoms with Gasteiger partial charge >= 0.3 is 0 Å². The topological polar surface area (TPSA) is 75.2 Å². The van der Waals surface area contributed by atoms with E-state index in [-0.39, 0.29) is 11.7 Å². The van der Waals surface area contributed by atoms with E-state index < -0.39 is 9.84 Å². The van der Waals surface area contributed by atoms with Gasteiger partial charge in [-0.15, -0.1) is 0 Å². The monoisotopic (exact) mass is 286 g/mol. The van der Waals surface area contributed by atoms with Crippen LogP contribution in [0, 0.1) is 0 Å². The molecule has 1 aromatic heterocycles. The van der Waals surface area contributed by atoms with Gasteiger partial charge in [0.15, 0.2) is 0 Å². The molecule has 6 nitrogen and oxygen atoms in total. The van der Waals surface area contributed by atoms with Crippen LogP contribution in [-0.4, -0.2) is 51.0 Å². The van der Waals surface area contributed by atoms with Crippen molar-refractivity contribution >= 4 is 21.5 Å². The number of hydrogen-bond donors (Lipinski definition) is 1. The lowest BCUT2D eigenvalue weighted by Gasteiger charge is -2.19. The number of sulfone groups is 1. The first-order valence-corrected chi connectivity index (χ1v) is 8.24. The Morgan fingerprint density at radius 3 is 2.47 bits per heavy atom. The summed E-state index contributed by atoms with van der Waals surface area (Å²) in [5, 5.41) is 2.99. The molecular formula is C12H22N4O2S. The number of anilines is 2. The first kappa shape index (κ1) is 15.7. The summed E-state index contributed by atoms with van der Waals surface area (Å²) in [6.07, 6.45) is 1.24. The number of aromatic nitrogens is 2. The molecule has 0 saturated heterocycles. The van der Waals surface area contributed by atoms with Gasteiger partial charge in [0.1, 0.15) is 27.3 Å². The molecule has 0 saturated carbocycles. The molecule has 0 aliphatic heterocycles. The molecule has 0 amide bonds. The fourth-order valence-corrected chi connectivity index (χ4v) is 2.06. The SMILES string of the molecule is CNc1cc(N(C)CCS(C)(=O)=O)nc(C(C)C)n1. The molecule has 0 spiro atoms. The maximum atomic E-state index is 11.2. The van der Waals surface area contributed by atoms with Crippen LogP contribution >= 0.6 is 0 Å². The molecule has 0 radical (unpaired) electrons. The number of hydrogen-bond acceptors (Lipinski definition) is 6. The smallest absolute Gasteiger partial charge is 0.149 e. The summed E-state index contributed by atoms with van der Waals surface area (Å²) in [5.41, 5.74) is 0. The van der Waals surface area contributed by atoms with Crippen molar-refractivity contribution in [3.8, 4) is 0 Å². The Labute approximate surface area is 115 Å². The van der Waals surface area contributed by atoms with E-state index in [0.29, 0.717) is 6.54 Å². The van der Waals surface area contributed by atoms with E-state index in [4.69, 9.17) is 0 Å². The Bertz CT molecular complexity index is 529. The highest BCUT2D eigenvalue weighted by Crippen LogP contribution is 2.18. The zero-order valence-electron chi connectivity index (χ0n) is 12.1. The largest absolute Gasteiger partial charge is 0.373 e. The molecule has 0 fully saturated rings. The van der Waals surface area contributed by atoms with Crippen LogP contribution in [0.1, 0.15) is 25.6 Å². The highest BCUT2D eigenvalue weighted by atomic mass is 32.2. The van der Waals surface area contributed by atoms with Crippen LogP contribution in [0.25, 0.3) is 0 Å². The molecule has 0 aromatic carbocycles. The molecule has 108 valence electrons. The second kappa shape index (κ2) is 6.18. The molecule has 1 rings (SSSR count). The Balaban J connectivity index is 2.95. The summed E-state index contributed by atoms with van der Waals surface area (Å²) in [7, 11) is 0.659. The number of nitrogens with zero attached hydrogens (tertiary/aromatic N) is 3. The normalized spacial score (nSPS) is 11.7. The molecular weight excluding hydrogens is 264 g/mol. The van der Waals surface area contributed by atoms with Crippen LogP contribution < -0.4 is 10.2 Å².